The average molecular weight is 327 g/mol. The van der Waals surface area contributed by atoms with Gasteiger partial charge in [-0.2, -0.15) is 4.98 Å². The van der Waals surface area contributed by atoms with E-state index < -0.39 is 0 Å². The highest BCUT2D eigenvalue weighted by molar-refractivity contribution is 5.80. The first-order valence-electron chi connectivity index (χ1n) is 8.45. The Bertz CT molecular complexity index is 773. The first-order valence-corrected chi connectivity index (χ1v) is 8.45. The maximum absolute atomic E-state index is 5.76. The summed E-state index contributed by atoms with van der Waals surface area (Å²) in [5, 5.41) is 8.46. The molecule has 0 saturated carbocycles. The van der Waals surface area contributed by atoms with Crippen LogP contribution in [0.2, 0.25) is 0 Å². The van der Waals surface area contributed by atoms with Gasteiger partial charge in [-0.25, -0.2) is 0 Å². The minimum atomic E-state index is 0.419. The summed E-state index contributed by atoms with van der Waals surface area (Å²) in [5.41, 5.74) is 0.768. The number of fused-ring (bicyclic) bond motifs is 1. The number of furan rings is 1. The fourth-order valence-corrected chi connectivity index (χ4v) is 3.26. The Kier molecular flexibility index (Phi) is 4.27. The van der Waals surface area contributed by atoms with E-state index in [-0.39, 0.29) is 0 Å². The van der Waals surface area contributed by atoms with Gasteiger partial charge in [0.25, 0.3) is 5.89 Å². The number of piperidine rings is 1. The topological polar surface area (TPSA) is 80.2 Å². The van der Waals surface area contributed by atoms with Crippen LogP contribution in [0.1, 0.15) is 25.6 Å². The Morgan fingerprint density at radius 3 is 3.00 bits per heavy atom. The highest BCUT2D eigenvalue weighted by Gasteiger charge is 2.22. The van der Waals surface area contributed by atoms with Gasteiger partial charge in [0.1, 0.15) is 5.58 Å². The zero-order chi connectivity index (χ0) is 16.4. The van der Waals surface area contributed by atoms with Gasteiger partial charge >= 0.3 is 0 Å². The third kappa shape index (κ3) is 3.05. The van der Waals surface area contributed by atoms with Gasteiger partial charge in [0, 0.05) is 23.8 Å². The van der Waals surface area contributed by atoms with Gasteiger partial charge in [-0.05, 0) is 44.6 Å². The molecule has 1 fully saturated rings. The summed E-state index contributed by atoms with van der Waals surface area (Å²) < 4.78 is 11.2. The summed E-state index contributed by atoms with van der Waals surface area (Å²) in [6.45, 7) is 6.00. The van der Waals surface area contributed by atoms with E-state index in [1.807, 2.05) is 12.1 Å². The van der Waals surface area contributed by atoms with Crippen molar-refractivity contribution in [3.63, 3.8) is 0 Å². The van der Waals surface area contributed by atoms with Crippen molar-refractivity contribution in [1.29, 1.82) is 0 Å². The molecule has 126 valence electrons. The average Bonchev–Trinajstić information content (AvgIpc) is 3.27. The van der Waals surface area contributed by atoms with Crippen LogP contribution >= 0.6 is 0 Å². The largest absolute Gasteiger partial charge is 0.451 e. The normalized spacial score (nSPS) is 16.2. The molecule has 0 bridgehead atoms. The second-order valence-electron chi connectivity index (χ2n) is 6.08. The van der Waals surface area contributed by atoms with Gasteiger partial charge in [-0.15, -0.1) is 0 Å². The molecule has 0 aromatic carbocycles. The van der Waals surface area contributed by atoms with E-state index in [1.165, 1.54) is 0 Å². The van der Waals surface area contributed by atoms with Crippen molar-refractivity contribution in [2.45, 2.75) is 32.4 Å². The van der Waals surface area contributed by atoms with Gasteiger partial charge in [0.05, 0.1) is 6.54 Å². The van der Waals surface area contributed by atoms with Crippen molar-refractivity contribution in [1.82, 2.24) is 25.3 Å². The molecule has 3 aromatic heterocycles. The second-order valence-corrected chi connectivity index (χ2v) is 6.08. The van der Waals surface area contributed by atoms with E-state index >= 15 is 0 Å². The van der Waals surface area contributed by atoms with Crippen molar-refractivity contribution in [2.75, 3.05) is 19.6 Å². The summed E-state index contributed by atoms with van der Waals surface area (Å²) in [6.07, 6.45) is 5.78. The Morgan fingerprint density at radius 2 is 2.21 bits per heavy atom. The molecule has 3 aromatic rings. The molecule has 4 rings (SSSR count). The van der Waals surface area contributed by atoms with Gasteiger partial charge in [0.15, 0.2) is 11.6 Å². The lowest BCUT2D eigenvalue weighted by atomic mass is 10.0. The van der Waals surface area contributed by atoms with E-state index in [4.69, 9.17) is 8.94 Å². The summed E-state index contributed by atoms with van der Waals surface area (Å²) in [4.78, 5) is 11.0. The number of hydrogen-bond acceptors (Lipinski definition) is 7. The molecule has 7 heteroatoms. The van der Waals surface area contributed by atoms with E-state index in [1.54, 1.807) is 12.4 Å². The molecule has 0 radical (unpaired) electrons. The molecule has 1 N–H and O–H groups in total. The monoisotopic (exact) mass is 327 g/mol. The van der Waals surface area contributed by atoms with Crippen LogP contribution in [0.3, 0.4) is 0 Å². The molecular formula is C17H21N5O2. The SMILES string of the molecule is CCN(Cc1noc(-c2cc3cnccc3o2)n1)C1CCNCC1. The number of rotatable bonds is 5. The van der Waals surface area contributed by atoms with Crippen LogP contribution in [0.5, 0.6) is 0 Å². The van der Waals surface area contributed by atoms with Crippen LogP contribution in [-0.4, -0.2) is 45.7 Å². The van der Waals surface area contributed by atoms with Gasteiger partial charge in [-0.3, -0.25) is 9.88 Å². The second kappa shape index (κ2) is 6.70. The Morgan fingerprint density at radius 1 is 1.33 bits per heavy atom. The molecule has 0 amide bonds. The van der Waals surface area contributed by atoms with Crippen molar-refractivity contribution in [3.05, 3.63) is 30.4 Å². The Hall–Kier alpha value is -2.25. The van der Waals surface area contributed by atoms with E-state index in [0.29, 0.717) is 30.1 Å². The van der Waals surface area contributed by atoms with E-state index in [2.05, 4.69) is 32.3 Å². The third-order valence-electron chi connectivity index (χ3n) is 4.57. The summed E-state index contributed by atoms with van der Waals surface area (Å²) in [5.74, 6) is 1.70. The molecule has 0 spiro atoms. The van der Waals surface area contributed by atoms with Gasteiger partial charge in [0.2, 0.25) is 0 Å². The van der Waals surface area contributed by atoms with Crippen LogP contribution in [0.4, 0.5) is 0 Å². The number of nitrogens with one attached hydrogen (secondary N) is 1. The van der Waals surface area contributed by atoms with Crippen molar-refractivity contribution in [2.24, 2.45) is 0 Å². The van der Waals surface area contributed by atoms with Crippen molar-refractivity contribution in [3.8, 4) is 11.7 Å². The lowest BCUT2D eigenvalue weighted by Crippen LogP contribution is -2.42. The lowest BCUT2D eigenvalue weighted by molar-refractivity contribution is 0.157. The third-order valence-corrected chi connectivity index (χ3v) is 4.57. The van der Waals surface area contributed by atoms with Crippen LogP contribution in [-0.2, 0) is 6.54 Å². The molecule has 1 aliphatic heterocycles. The predicted molar refractivity (Wildman–Crippen MR) is 89.3 cm³/mol. The fourth-order valence-electron chi connectivity index (χ4n) is 3.26. The minimum Gasteiger partial charge on any atom is -0.451 e. The number of nitrogens with zero attached hydrogens (tertiary/aromatic N) is 4. The first kappa shape index (κ1) is 15.3. The van der Waals surface area contributed by atoms with Gasteiger partial charge < -0.3 is 14.3 Å². The van der Waals surface area contributed by atoms with E-state index in [9.17, 15) is 0 Å². The van der Waals surface area contributed by atoms with Gasteiger partial charge in [-0.1, -0.05) is 12.1 Å². The summed E-state index contributed by atoms with van der Waals surface area (Å²) in [6, 6.07) is 4.28. The van der Waals surface area contributed by atoms with E-state index in [0.717, 1.165) is 43.4 Å². The molecule has 1 aliphatic rings. The molecular weight excluding hydrogens is 306 g/mol. The highest BCUT2D eigenvalue weighted by atomic mass is 16.5. The number of aromatic nitrogens is 3. The van der Waals surface area contributed by atoms with Crippen LogP contribution < -0.4 is 5.32 Å². The van der Waals surface area contributed by atoms with Crippen LogP contribution in [0, 0.1) is 0 Å². The zero-order valence-electron chi connectivity index (χ0n) is 13.7. The highest BCUT2D eigenvalue weighted by Crippen LogP contribution is 2.26. The molecule has 4 heterocycles. The summed E-state index contributed by atoms with van der Waals surface area (Å²) >= 11 is 0. The Labute approximate surface area is 140 Å². The van der Waals surface area contributed by atoms with Crippen molar-refractivity contribution < 1.29 is 8.94 Å². The van der Waals surface area contributed by atoms with Crippen molar-refractivity contribution >= 4 is 11.0 Å². The first-order chi connectivity index (χ1) is 11.8. The molecule has 24 heavy (non-hydrogen) atoms. The Balaban J connectivity index is 1.51. The fraction of sp³-hybridized carbons (Fsp3) is 0.471. The van der Waals surface area contributed by atoms with Crippen LogP contribution in [0.25, 0.3) is 22.6 Å². The predicted octanol–water partition coefficient (Wildman–Crippen LogP) is 2.45. The standard InChI is InChI=1S/C17H21N5O2/c1-2-22(13-3-6-18-7-4-13)11-16-20-17(24-21-16)15-9-12-10-19-8-5-14(12)23-15/h5,8-10,13,18H,2-4,6-7,11H2,1H3. The molecule has 0 atom stereocenters. The quantitative estimate of drug-likeness (QED) is 0.771. The summed E-state index contributed by atoms with van der Waals surface area (Å²) in [7, 11) is 0. The number of hydrogen-bond donors (Lipinski definition) is 1. The van der Waals surface area contributed by atoms with Crippen LogP contribution in [0.15, 0.2) is 33.5 Å². The molecule has 1 saturated heterocycles. The minimum absolute atomic E-state index is 0.419. The maximum Gasteiger partial charge on any atom is 0.293 e. The maximum atomic E-state index is 5.76. The number of pyridine rings is 1. The smallest absolute Gasteiger partial charge is 0.293 e. The molecule has 0 unspecified atom stereocenters. The molecule has 7 nitrogen and oxygen atoms in total. The lowest BCUT2D eigenvalue weighted by Gasteiger charge is -2.32. The molecule has 0 aliphatic carbocycles. The zero-order valence-corrected chi connectivity index (χ0v) is 13.7.